The maximum atomic E-state index is 13.6. The molecule has 0 saturated heterocycles. The minimum Gasteiger partial charge on any atom is -0.497 e. The molecule has 1 heterocycles. The summed E-state index contributed by atoms with van der Waals surface area (Å²) in [4.78, 5) is 31.0. The standard InChI is InChI=1S/C26H24N2O3/c1-17-11-12-18(2)24(13-17)28(26(30)20-8-6-9-22(15-20)31-3)16-21-14-19-7-4-5-10-23(19)27-25(21)29/h4-15H,16H2,1-3H3,(H,27,29). The van der Waals surface area contributed by atoms with E-state index in [1.165, 1.54) is 0 Å². The largest absolute Gasteiger partial charge is 0.497 e. The molecule has 1 amide bonds. The zero-order chi connectivity index (χ0) is 22.0. The van der Waals surface area contributed by atoms with Crippen molar-refractivity contribution in [3.8, 4) is 5.75 Å². The number of anilines is 1. The quantitative estimate of drug-likeness (QED) is 0.502. The Bertz CT molecular complexity index is 1320. The number of methoxy groups -OCH3 is 1. The summed E-state index contributed by atoms with van der Waals surface area (Å²) in [5.74, 6) is 0.412. The Balaban J connectivity index is 1.83. The van der Waals surface area contributed by atoms with Gasteiger partial charge in [0.1, 0.15) is 5.75 Å². The van der Waals surface area contributed by atoms with Gasteiger partial charge in [0.15, 0.2) is 0 Å². The summed E-state index contributed by atoms with van der Waals surface area (Å²) in [5.41, 5.74) is 4.37. The molecule has 5 heteroatoms. The predicted octanol–water partition coefficient (Wildman–Crippen LogP) is 5.00. The van der Waals surface area contributed by atoms with Gasteiger partial charge in [-0.2, -0.15) is 0 Å². The van der Waals surface area contributed by atoms with Crippen molar-refractivity contribution in [1.82, 2.24) is 4.98 Å². The normalized spacial score (nSPS) is 10.8. The second-order valence-electron chi connectivity index (χ2n) is 7.62. The summed E-state index contributed by atoms with van der Waals surface area (Å²) < 4.78 is 5.29. The van der Waals surface area contributed by atoms with Gasteiger partial charge in [-0.3, -0.25) is 9.59 Å². The van der Waals surface area contributed by atoms with Crippen LogP contribution in [0, 0.1) is 13.8 Å². The van der Waals surface area contributed by atoms with Crippen LogP contribution < -0.4 is 15.2 Å². The number of nitrogens with one attached hydrogen (secondary N) is 1. The molecule has 0 fully saturated rings. The fourth-order valence-electron chi connectivity index (χ4n) is 3.67. The number of carbonyl (C=O) groups is 1. The number of amides is 1. The number of rotatable bonds is 5. The lowest BCUT2D eigenvalue weighted by Gasteiger charge is -2.25. The topological polar surface area (TPSA) is 62.4 Å². The van der Waals surface area contributed by atoms with Gasteiger partial charge in [0.05, 0.1) is 13.7 Å². The molecular weight excluding hydrogens is 388 g/mol. The van der Waals surface area contributed by atoms with E-state index >= 15 is 0 Å². The van der Waals surface area contributed by atoms with Crippen molar-refractivity contribution in [2.75, 3.05) is 12.0 Å². The third-order valence-electron chi connectivity index (χ3n) is 5.38. The molecule has 0 aliphatic heterocycles. The summed E-state index contributed by atoms with van der Waals surface area (Å²) in [6.07, 6.45) is 0. The van der Waals surface area contributed by atoms with Gasteiger partial charge in [0.2, 0.25) is 0 Å². The van der Waals surface area contributed by atoms with E-state index in [1.54, 1.807) is 36.3 Å². The number of nitrogens with zero attached hydrogens (tertiary/aromatic N) is 1. The van der Waals surface area contributed by atoms with E-state index in [0.29, 0.717) is 16.9 Å². The highest BCUT2D eigenvalue weighted by Gasteiger charge is 2.22. The van der Waals surface area contributed by atoms with Gasteiger partial charge in [-0.25, -0.2) is 0 Å². The molecule has 0 atom stereocenters. The second kappa shape index (κ2) is 8.48. The molecule has 4 aromatic rings. The molecule has 1 N–H and O–H groups in total. The third kappa shape index (κ3) is 4.21. The number of para-hydroxylation sites is 1. The van der Waals surface area contributed by atoms with Gasteiger partial charge in [-0.05, 0) is 66.8 Å². The predicted molar refractivity (Wildman–Crippen MR) is 124 cm³/mol. The first-order valence-corrected chi connectivity index (χ1v) is 10.1. The van der Waals surface area contributed by atoms with Crippen LogP contribution in [0.1, 0.15) is 27.0 Å². The highest BCUT2D eigenvalue weighted by molar-refractivity contribution is 6.06. The molecule has 0 radical (unpaired) electrons. The lowest BCUT2D eigenvalue weighted by Crippen LogP contribution is -2.33. The smallest absolute Gasteiger partial charge is 0.258 e. The van der Waals surface area contributed by atoms with Crippen molar-refractivity contribution in [2.45, 2.75) is 20.4 Å². The van der Waals surface area contributed by atoms with E-state index in [0.717, 1.165) is 27.7 Å². The molecule has 1 aromatic heterocycles. The number of pyridine rings is 1. The Morgan fingerprint density at radius 3 is 2.58 bits per heavy atom. The highest BCUT2D eigenvalue weighted by Crippen LogP contribution is 2.26. The molecule has 0 aliphatic rings. The summed E-state index contributed by atoms with van der Waals surface area (Å²) in [7, 11) is 1.57. The van der Waals surface area contributed by atoms with Crippen LogP contribution in [0.25, 0.3) is 10.9 Å². The number of aryl methyl sites for hydroxylation is 2. The Labute approximate surface area is 180 Å². The Hall–Kier alpha value is -3.86. The van der Waals surface area contributed by atoms with E-state index in [4.69, 9.17) is 4.74 Å². The molecule has 31 heavy (non-hydrogen) atoms. The van der Waals surface area contributed by atoms with Gasteiger partial charge in [0, 0.05) is 22.3 Å². The number of H-pyrrole nitrogens is 1. The molecule has 0 bridgehead atoms. The molecular formula is C26H24N2O3. The first-order valence-electron chi connectivity index (χ1n) is 10.1. The number of ether oxygens (including phenoxy) is 1. The van der Waals surface area contributed by atoms with E-state index in [1.807, 2.05) is 62.4 Å². The van der Waals surface area contributed by atoms with Crippen molar-refractivity contribution in [3.63, 3.8) is 0 Å². The lowest BCUT2D eigenvalue weighted by atomic mass is 10.1. The number of hydrogen-bond donors (Lipinski definition) is 1. The Morgan fingerprint density at radius 1 is 0.968 bits per heavy atom. The molecule has 5 nitrogen and oxygen atoms in total. The minimum atomic E-state index is -0.201. The van der Waals surface area contributed by atoms with Gasteiger partial charge in [0.25, 0.3) is 11.5 Å². The molecule has 3 aromatic carbocycles. The van der Waals surface area contributed by atoms with Gasteiger partial charge >= 0.3 is 0 Å². The lowest BCUT2D eigenvalue weighted by molar-refractivity contribution is 0.0984. The first kappa shape index (κ1) is 20.4. The molecule has 156 valence electrons. The third-order valence-corrected chi connectivity index (χ3v) is 5.38. The summed E-state index contributed by atoms with van der Waals surface area (Å²) >= 11 is 0. The van der Waals surface area contributed by atoms with Crippen LogP contribution >= 0.6 is 0 Å². The highest BCUT2D eigenvalue weighted by atomic mass is 16.5. The number of fused-ring (bicyclic) bond motifs is 1. The van der Waals surface area contributed by atoms with Crippen LogP contribution in [0.3, 0.4) is 0 Å². The summed E-state index contributed by atoms with van der Waals surface area (Å²) in [6, 6.07) is 22.5. The average Bonchev–Trinajstić information content (AvgIpc) is 2.79. The van der Waals surface area contributed by atoms with Gasteiger partial charge in [-0.1, -0.05) is 36.4 Å². The Morgan fingerprint density at radius 2 is 1.77 bits per heavy atom. The van der Waals surface area contributed by atoms with Crippen LogP contribution in [0.4, 0.5) is 5.69 Å². The van der Waals surface area contributed by atoms with Crippen LogP contribution in [-0.2, 0) is 6.54 Å². The van der Waals surface area contributed by atoms with Gasteiger partial charge in [-0.15, -0.1) is 0 Å². The van der Waals surface area contributed by atoms with Crippen molar-refractivity contribution < 1.29 is 9.53 Å². The average molecular weight is 412 g/mol. The first-order chi connectivity index (χ1) is 15.0. The molecule has 4 rings (SSSR count). The molecule has 0 spiro atoms. The second-order valence-corrected chi connectivity index (χ2v) is 7.62. The maximum Gasteiger partial charge on any atom is 0.258 e. The number of benzene rings is 3. The number of aromatic amines is 1. The fraction of sp³-hybridized carbons (Fsp3) is 0.154. The Kier molecular flexibility index (Phi) is 5.58. The molecule has 0 aliphatic carbocycles. The number of carbonyl (C=O) groups excluding carboxylic acids is 1. The number of hydrogen-bond acceptors (Lipinski definition) is 3. The van der Waals surface area contributed by atoms with E-state index < -0.39 is 0 Å². The summed E-state index contributed by atoms with van der Waals surface area (Å²) in [6.45, 7) is 4.10. The fourth-order valence-corrected chi connectivity index (χ4v) is 3.67. The maximum absolute atomic E-state index is 13.6. The van der Waals surface area contributed by atoms with Crippen LogP contribution in [-0.4, -0.2) is 18.0 Å². The van der Waals surface area contributed by atoms with E-state index in [9.17, 15) is 9.59 Å². The van der Waals surface area contributed by atoms with Crippen LogP contribution in [0.5, 0.6) is 5.75 Å². The van der Waals surface area contributed by atoms with E-state index in [2.05, 4.69) is 4.98 Å². The minimum absolute atomic E-state index is 0.153. The SMILES string of the molecule is COc1cccc(C(=O)N(Cc2cc3ccccc3[nH]c2=O)c2cc(C)ccc2C)c1. The van der Waals surface area contributed by atoms with Crippen molar-refractivity contribution in [3.05, 3.63) is 105 Å². The number of aromatic nitrogens is 1. The molecule has 0 saturated carbocycles. The molecule has 0 unspecified atom stereocenters. The van der Waals surface area contributed by atoms with E-state index in [-0.39, 0.29) is 18.0 Å². The van der Waals surface area contributed by atoms with Crippen molar-refractivity contribution in [1.29, 1.82) is 0 Å². The van der Waals surface area contributed by atoms with Crippen molar-refractivity contribution >= 4 is 22.5 Å². The zero-order valence-electron chi connectivity index (χ0n) is 17.8. The summed E-state index contributed by atoms with van der Waals surface area (Å²) in [5, 5.41) is 0.923. The van der Waals surface area contributed by atoms with Gasteiger partial charge < -0.3 is 14.6 Å². The van der Waals surface area contributed by atoms with Crippen LogP contribution in [0.2, 0.25) is 0 Å². The zero-order valence-corrected chi connectivity index (χ0v) is 17.8. The monoisotopic (exact) mass is 412 g/mol. The van der Waals surface area contributed by atoms with Crippen LogP contribution in [0.15, 0.2) is 77.6 Å². The van der Waals surface area contributed by atoms with Crippen molar-refractivity contribution in [2.24, 2.45) is 0 Å².